The third kappa shape index (κ3) is 22.5. The van der Waals surface area contributed by atoms with Gasteiger partial charge in [-0.25, -0.2) is 4.79 Å². The average molecular weight is 1190 g/mol. The number of nitrogens with one attached hydrogen (secondary N) is 9. The number of phenolic OH excluding ortho intramolecular Hbond substituents is 3. The van der Waals surface area contributed by atoms with Crippen molar-refractivity contribution in [1.29, 1.82) is 0 Å². The van der Waals surface area contributed by atoms with Gasteiger partial charge in [-0.05, 0) is 79.4 Å². The van der Waals surface area contributed by atoms with Crippen LogP contribution in [-0.2, 0) is 78.4 Å². The lowest BCUT2D eigenvalue weighted by molar-refractivity contribution is -0.143. The van der Waals surface area contributed by atoms with E-state index in [-0.39, 0.29) is 42.9 Å². The van der Waals surface area contributed by atoms with Gasteiger partial charge in [0.05, 0.1) is 37.8 Å². The summed E-state index contributed by atoms with van der Waals surface area (Å²) in [6.45, 7) is 1.80. The van der Waals surface area contributed by atoms with Crippen molar-refractivity contribution < 1.29 is 93.6 Å². The van der Waals surface area contributed by atoms with Crippen LogP contribution in [0.3, 0.4) is 0 Å². The highest BCUT2D eigenvalue weighted by molar-refractivity contribution is 5.99. The summed E-state index contributed by atoms with van der Waals surface area (Å²) in [5, 5.41) is 101. The molecule has 4 aromatic carbocycles. The molecule has 0 aliphatic carbocycles. The van der Waals surface area contributed by atoms with Crippen LogP contribution in [0.15, 0.2) is 103 Å². The smallest absolute Gasteiger partial charge is 0.326 e. The molecule has 4 rings (SSSR count). The Hall–Kier alpha value is -9.71. The lowest BCUT2D eigenvalue weighted by Crippen LogP contribution is -2.63. The Labute approximate surface area is 486 Å². The SMILES string of the molecule is C[C@H](N)C(=O)N[C@@H](CO)C(=O)NCC(=O)N[C@@H](Cc1ccc(O)cc1)C(=O)N[C@H](C(=O)N[C@@H](Cc1ccccc1)C(=O)N[C@H](C(=O)N[C@@H](CC(=O)O)C(=O)N[C@@H](Cc1ccc(O)cc1)C(=O)N[C@@H](Cc1ccc(O)cc1)C(=O)O)[C@@H](C)O)[C@@H](C)O. The Morgan fingerprint density at radius 3 is 1.14 bits per heavy atom. The van der Waals surface area contributed by atoms with Gasteiger partial charge in [0.2, 0.25) is 53.2 Å². The number of aromatic hydroxyl groups is 3. The second-order valence-corrected chi connectivity index (χ2v) is 19.8. The number of hydrogen-bond acceptors (Lipinski definition) is 18. The molecule has 0 fully saturated rings. The van der Waals surface area contributed by atoms with E-state index >= 15 is 0 Å². The van der Waals surface area contributed by atoms with Gasteiger partial charge in [-0.3, -0.25) is 47.9 Å². The zero-order valence-corrected chi connectivity index (χ0v) is 46.3. The number of phenols is 3. The summed E-state index contributed by atoms with van der Waals surface area (Å²) < 4.78 is 0. The Bertz CT molecular complexity index is 2970. The van der Waals surface area contributed by atoms with Crippen LogP contribution < -0.4 is 53.6 Å². The number of carboxylic acids is 2. The molecule has 11 atom stereocenters. The zero-order chi connectivity index (χ0) is 63.1. The largest absolute Gasteiger partial charge is 0.508 e. The summed E-state index contributed by atoms with van der Waals surface area (Å²) in [5.74, 6) is -13.5. The number of carboxylic acid groups (broad SMARTS) is 2. The minimum Gasteiger partial charge on any atom is -0.508 e. The second kappa shape index (κ2) is 32.8. The van der Waals surface area contributed by atoms with Gasteiger partial charge in [-0.15, -0.1) is 0 Å². The maximum absolute atomic E-state index is 14.3. The molecule has 4 aromatic rings. The summed E-state index contributed by atoms with van der Waals surface area (Å²) in [6, 6.07) is 8.91. The van der Waals surface area contributed by atoms with E-state index in [4.69, 9.17) is 5.73 Å². The quantitative estimate of drug-likeness (QED) is 0.0220. The first-order chi connectivity index (χ1) is 40.1. The van der Waals surface area contributed by atoms with Gasteiger partial charge < -0.3 is 94.4 Å². The van der Waals surface area contributed by atoms with E-state index in [2.05, 4.69) is 47.9 Å². The van der Waals surface area contributed by atoms with Gasteiger partial charge in [0, 0.05) is 25.7 Å². The number of rotatable bonds is 32. The summed E-state index contributed by atoms with van der Waals surface area (Å²) in [4.78, 5) is 147. The van der Waals surface area contributed by atoms with Crippen molar-refractivity contribution in [3.8, 4) is 17.2 Å². The number of carbonyl (C=O) groups is 11. The molecule has 0 spiro atoms. The van der Waals surface area contributed by atoms with Crippen LogP contribution in [0.5, 0.6) is 17.2 Å². The van der Waals surface area contributed by atoms with Crippen molar-refractivity contribution in [2.45, 2.75) is 119 Å². The van der Waals surface area contributed by atoms with E-state index in [1.54, 1.807) is 30.3 Å². The molecule has 0 saturated carbocycles. The molecule has 0 aliphatic heterocycles. The summed E-state index contributed by atoms with van der Waals surface area (Å²) in [5.41, 5.74) is 6.99. The molecule has 19 N–H and O–H groups in total. The van der Waals surface area contributed by atoms with Crippen molar-refractivity contribution in [2.75, 3.05) is 13.2 Å². The van der Waals surface area contributed by atoms with Crippen LogP contribution in [0.25, 0.3) is 0 Å². The van der Waals surface area contributed by atoms with Gasteiger partial charge in [0.25, 0.3) is 0 Å². The summed E-state index contributed by atoms with van der Waals surface area (Å²) in [7, 11) is 0. The van der Waals surface area contributed by atoms with Crippen LogP contribution in [0.1, 0.15) is 49.4 Å². The normalized spacial score (nSPS) is 14.9. The fourth-order valence-corrected chi connectivity index (χ4v) is 8.08. The highest BCUT2D eigenvalue weighted by Gasteiger charge is 2.37. The molecular formula is C56H70N10O19. The molecule has 0 unspecified atom stereocenters. The predicted octanol–water partition coefficient (Wildman–Crippen LogP) is -4.27. The zero-order valence-electron chi connectivity index (χ0n) is 46.3. The van der Waals surface area contributed by atoms with E-state index in [1.165, 1.54) is 79.7 Å². The molecule has 85 heavy (non-hydrogen) atoms. The fraction of sp³-hybridized carbons (Fsp3) is 0.375. The maximum Gasteiger partial charge on any atom is 0.326 e. The number of aliphatic carboxylic acids is 2. The standard InChI is InChI=1S/C56H70N10O19/c1-28(57)48(76)64-43(27-67)49(77)58-26-44(73)59-38(22-32-9-15-35(70)16-10-32)52(80)65-46(29(2)68)54(82)61-40(21-31-7-5-4-6-8-31)53(81)66-47(30(3)69)55(83)62-41(25-45(74)75)51(79)60-39(23-33-11-17-36(71)18-12-33)50(78)63-42(56(84)85)24-34-13-19-37(72)20-14-34/h4-20,28-30,38-43,46-47,67-72H,21-27,57H2,1-3H3,(H,58,77)(H,59,73)(H,60,79)(H,61,82)(H,62,83)(H,63,78)(H,64,76)(H,65,80)(H,66,81)(H,74,75)(H,84,85)/t28-,29+,30+,38-,39-,40-,41-,42-,43-,46-,47-/m0/s1. The van der Waals surface area contributed by atoms with Gasteiger partial charge in [-0.2, -0.15) is 0 Å². The molecule has 0 aromatic heterocycles. The second-order valence-electron chi connectivity index (χ2n) is 19.8. The number of aliphatic hydroxyl groups excluding tert-OH is 3. The van der Waals surface area contributed by atoms with Gasteiger partial charge >= 0.3 is 11.9 Å². The number of benzene rings is 4. The number of carbonyl (C=O) groups excluding carboxylic acids is 9. The number of hydrogen-bond donors (Lipinski definition) is 18. The average Bonchev–Trinajstić information content (AvgIpc) is 3.45. The van der Waals surface area contributed by atoms with Crippen LogP contribution in [0.4, 0.5) is 0 Å². The Morgan fingerprint density at radius 1 is 0.412 bits per heavy atom. The first kappa shape index (κ1) is 67.8. The molecular weight excluding hydrogens is 1120 g/mol. The Morgan fingerprint density at radius 2 is 0.753 bits per heavy atom. The lowest BCUT2D eigenvalue weighted by atomic mass is 10.0. The van der Waals surface area contributed by atoms with Gasteiger partial charge in [0.1, 0.15) is 65.6 Å². The third-order valence-corrected chi connectivity index (χ3v) is 12.7. The first-order valence-corrected chi connectivity index (χ1v) is 26.4. The van der Waals surface area contributed by atoms with E-state index < -0.39 is 151 Å². The predicted molar refractivity (Wildman–Crippen MR) is 298 cm³/mol. The molecule has 0 aliphatic rings. The molecule has 0 heterocycles. The summed E-state index contributed by atoms with van der Waals surface area (Å²) >= 11 is 0. The molecule has 9 amide bonds. The number of nitrogens with two attached hydrogens (primary N) is 1. The molecule has 458 valence electrons. The molecule has 0 radical (unpaired) electrons. The van der Waals surface area contributed by atoms with E-state index in [9.17, 15) is 93.6 Å². The molecule has 29 heteroatoms. The van der Waals surface area contributed by atoms with Gasteiger partial charge in [-0.1, -0.05) is 66.7 Å². The van der Waals surface area contributed by atoms with Crippen molar-refractivity contribution in [3.05, 3.63) is 125 Å². The highest BCUT2D eigenvalue weighted by Crippen LogP contribution is 2.16. The summed E-state index contributed by atoms with van der Waals surface area (Å²) in [6.07, 6.45) is -6.04. The Balaban J connectivity index is 1.57. The maximum atomic E-state index is 14.3. The minimum absolute atomic E-state index is 0.112. The highest BCUT2D eigenvalue weighted by atomic mass is 16.4. The van der Waals surface area contributed by atoms with Gasteiger partial charge in [0.15, 0.2) is 0 Å². The van der Waals surface area contributed by atoms with Crippen LogP contribution in [-0.4, -0.2) is 186 Å². The third-order valence-electron chi connectivity index (χ3n) is 12.7. The first-order valence-electron chi connectivity index (χ1n) is 26.4. The molecule has 0 bridgehead atoms. The topological polar surface area (TPSA) is 484 Å². The fourth-order valence-electron chi connectivity index (χ4n) is 8.08. The van der Waals surface area contributed by atoms with Crippen LogP contribution >= 0.6 is 0 Å². The van der Waals surface area contributed by atoms with Crippen LogP contribution in [0, 0.1) is 0 Å². The van der Waals surface area contributed by atoms with Crippen LogP contribution in [0.2, 0.25) is 0 Å². The number of amides is 9. The van der Waals surface area contributed by atoms with E-state index in [0.717, 1.165) is 13.8 Å². The molecule has 0 saturated heterocycles. The van der Waals surface area contributed by atoms with E-state index in [1.807, 2.05) is 0 Å². The van der Waals surface area contributed by atoms with Crippen molar-refractivity contribution in [3.63, 3.8) is 0 Å². The Kier molecular flexibility index (Phi) is 26.2. The lowest BCUT2D eigenvalue weighted by Gasteiger charge is -2.29. The van der Waals surface area contributed by atoms with Crippen molar-refractivity contribution in [2.24, 2.45) is 5.73 Å². The number of aliphatic hydroxyl groups is 3. The van der Waals surface area contributed by atoms with Crippen molar-refractivity contribution >= 4 is 65.1 Å². The molecule has 29 nitrogen and oxygen atoms in total. The minimum atomic E-state index is -2.06. The van der Waals surface area contributed by atoms with E-state index in [0.29, 0.717) is 22.3 Å². The van der Waals surface area contributed by atoms with Crippen molar-refractivity contribution in [1.82, 2.24) is 47.9 Å². The monoisotopic (exact) mass is 1190 g/mol.